The summed E-state index contributed by atoms with van der Waals surface area (Å²) in [6.07, 6.45) is -7.13. The first-order chi connectivity index (χ1) is 23.7. The van der Waals surface area contributed by atoms with E-state index in [-0.39, 0.29) is 0 Å². The number of hydrogen-bond acceptors (Lipinski definition) is 18. The van der Waals surface area contributed by atoms with Gasteiger partial charge >= 0.3 is 42.7 Å². The van der Waals surface area contributed by atoms with Crippen molar-refractivity contribution in [2.24, 2.45) is 5.92 Å². The van der Waals surface area contributed by atoms with Crippen molar-refractivity contribution in [2.75, 3.05) is 20.3 Å². The van der Waals surface area contributed by atoms with E-state index in [1.54, 1.807) is 0 Å². The molecule has 0 aliphatic heterocycles. The largest absolute Gasteiger partial charge is 0.490 e. The van der Waals surface area contributed by atoms with Gasteiger partial charge in [0.05, 0.1) is 31.4 Å². The van der Waals surface area contributed by atoms with Crippen LogP contribution in [0.4, 0.5) is 0 Å². The standard InChI is InChI=1S/C22H38N4O22P4/c1-11(17(29)18(30)12(2)25-7-5-15(27)23-21(25)33)9-44-49(35,36)46-51(39,40)48-52(41,42)47-50(37,38)45-10-14(43-4)20(32)19(31)13(3)26-8-6-16(28)24-22(26)34/h5-8,11-14,17-20,29-32H,9-10H2,1-4H3,(H,35,36)(H,37,38)(H,39,40)(H,41,42)(H,23,27,33)(H,24,28,34). The molecule has 10 N–H and O–H groups in total. The van der Waals surface area contributed by atoms with Gasteiger partial charge in [-0.05, 0) is 13.8 Å². The van der Waals surface area contributed by atoms with Gasteiger partial charge in [-0.15, -0.1) is 0 Å². The van der Waals surface area contributed by atoms with Gasteiger partial charge in [0.15, 0.2) is 0 Å². The fourth-order valence-corrected chi connectivity index (χ4v) is 9.25. The van der Waals surface area contributed by atoms with Crippen molar-refractivity contribution in [3.8, 4) is 0 Å². The van der Waals surface area contributed by atoms with Crippen LogP contribution in [0.25, 0.3) is 0 Å². The molecule has 0 amide bonds. The number of H-pyrrole nitrogens is 2. The van der Waals surface area contributed by atoms with Crippen LogP contribution < -0.4 is 22.5 Å². The lowest BCUT2D eigenvalue weighted by Gasteiger charge is -2.30. The normalized spacial score (nSPS) is 21.5. The second-order valence-corrected chi connectivity index (χ2v) is 17.2. The molecule has 2 aromatic heterocycles. The van der Waals surface area contributed by atoms with Gasteiger partial charge in [-0.1, -0.05) is 6.92 Å². The highest BCUT2D eigenvalue weighted by molar-refractivity contribution is 7.69. The van der Waals surface area contributed by atoms with E-state index >= 15 is 0 Å². The molecule has 0 aliphatic rings. The molecule has 0 fully saturated rings. The summed E-state index contributed by atoms with van der Waals surface area (Å²) >= 11 is 0. The van der Waals surface area contributed by atoms with E-state index in [4.69, 9.17) is 4.74 Å². The zero-order valence-corrected chi connectivity index (χ0v) is 30.9. The maximum Gasteiger partial charge on any atom is 0.490 e. The quantitative estimate of drug-likeness (QED) is 0.0596. The van der Waals surface area contributed by atoms with Gasteiger partial charge in [0, 0.05) is 37.6 Å². The van der Waals surface area contributed by atoms with Crippen LogP contribution in [0.5, 0.6) is 0 Å². The van der Waals surface area contributed by atoms with E-state index in [0.29, 0.717) is 0 Å². The molecule has 52 heavy (non-hydrogen) atoms. The molecule has 0 aliphatic carbocycles. The number of rotatable bonds is 21. The fourth-order valence-electron chi connectivity index (χ4n) is 4.20. The third-order valence-corrected chi connectivity index (χ3v) is 13.0. The Kier molecular flexibility index (Phi) is 16.2. The topological polar surface area (TPSA) is 395 Å². The van der Waals surface area contributed by atoms with Gasteiger partial charge in [0.25, 0.3) is 11.1 Å². The molecule has 0 radical (unpaired) electrons. The van der Waals surface area contributed by atoms with Gasteiger partial charge in [-0.25, -0.2) is 27.8 Å². The molecule has 2 rings (SSSR count). The van der Waals surface area contributed by atoms with Crippen LogP contribution in [0.15, 0.2) is 43.7 Å². The Morgan fingerprint density at radius 1 is 0.615 bits per heavy atom. The Bertz CT molecular complexity index is 1950. The number of aromatic nitrogens is 4. The van der Waals surface area contributed by atoms with Crippen LogP contribution in [-0.2, 0) is 45.0 Å². The molecule has 0 saturated heterocycles. The first-order valence-corrected chi connectivity index (χ1v) is 20.3. The van der Waals surface area contributed by atoms with Crippen LogP contribution in [0.3, 0.4) is 0 Å². The summed E-state index contributed by atoms with van der Waals surface area (Å²) in [5, 5.41) is 41.9. The van der Waals surface area contributed by atoms with E-state index in [1.165, 1.54) is 13.8 Å². The number of ether oxygens (including phenoxy) is 1. The summed E-state index contributed by atoms with van der Waals surface area (Å²) in [7, 11) is -23.0. The number of phosphoric acid groups is 4. The van der Waals surface area contributed by atoms with Gasteiger partial charge in [0.2, 0.25) is 0 Å². The van der Waals surface area contributed by atoms with Crippen LogP contribution in [0.2, 0.25) is 0 Å². The van der Waals surface area contributed by atoms with Crippen molar-refractivity contribution < 1.29 is 85.0 Å². The average Bonchev–Trinajstić information content (AvgIpc) is 3.00. The number of aromatic amines is 2. The van der Waals surface area contributed by atoms with Gasteiger partial charge in [-0.2, -0.15) is 12.9 Å². The Labute approximate surface area is 291 Å². The van der Waals surface area contributed by atoms with E-state index in [9.17, 15) is 77.4 Å². The maximum atomic E-state index is 12.3. The molecule has 0 saturated carbocycles. The first-order valence-electron chi connectivity index (χ1n) is 14.3. The first kappa shape index (κ1) is 45.9. The summed E-state index contributed by atoms with van der Waals surface area (Å²) in [4.78, 5) is 89.6. The van der Waals surface area contributed by atoms with Crippen LogP contribution >= 0.6 is 31.3 Å². The number of aliphatic hydroxyl groups excluding tert-OH is 4. The highest BCUT2D eigenvalue weighted by Crippen LogP contribution is 2.71. The lowest BCUT2D eigenvalue weighted by Crippen LogP contribution is -2.46. The minimum Gasteiger partial charge on any atom is -0.390 e. The third-order valence-electron chi connectivity index (χ3n) is 7.06. The zero-order chi connectivity index (χ0) is 40.0. The smallest absolute Gasteiger partial charge is 0.390 e. The predicted molar refractivity (Wildman–Crippen MR) is 171 cm³/mol. The van der Waals surface area contributed by atoms with Crippen molar-refractivity contribution in [1.29, 1.82) is 0 Å². The van der Waals surface area contributed by atoms with E-state index < -0.39 is 116 Å². The van der Waals surface area contributed by atoms with Crippen LogP contribution in [-0.4, -0.2) is 110 Å². The van der Waals surface area contributed by atoms with Gasteiger partial charge in [0.1, 0.15) is 24.4 Å². The minimum atomic E-state index is -6.22. The average molecular weight is 834 g/mol. The predicted octanol–water partition coefficient (Wildman–Crippen LogP) is -2.21. The van der Waals surface area contributed by atoms with Crippen molar-refractivity contribution in [3.05, 3.63) is 66.2 Å². The molecule has 12 unspecified atom stereocenters. The van der Waals surface area contributed by atoms with Crippen LogP contribution in [0, 0.1) is 5.92 Å². The summed E-state index contributed by atoms with van der Waals surface area (Å²) in [5.74, 6) is -1.28. The Morgan fingerprint density at radius 3 is 1.37 bits per heavy atom. The molecular formula is C22H38N4O22P4. The Morgan fingerprint density at radius 2 is 0.981 bits per heavy atom. The van der Waals surface area contributed by atoms with Crippen molar-refractivity contribution in [3.63, 3.8) is 0 Å². The summed E-state index contributed by atoms with van der Waals surface area (Å²) in [6, 6.07) is -0.507. The number of aliphatic hydroxyl groups is 4. The van der Waals surface area contributed by atoms with Gasteiger partial charge < -0.3 is 44.7 Å². The molecular weight excluding hydrogens is 796 g/mol. The summed E-state index contributed by atoms with van der Waals surface area (Å²) in [5.41, 5.74) is -3.39. The second-order valence-electron chi connectivity index (χ2n) is 10.9. The summed E-state index contributed by atoms with van der Waals surface area (Å²) in [6.45, 7) is 1.47. The third kappa shape index (κ3) is 13.5. The van der Waals surface area contributed by atoms with Crippen molar-refractivity contribution in [2.45, 2.75) is 63.4 Å². The van der Waals surface area contributed by atoms with E-state index in [0.717, 1.165) is 47.7 Å². The van der Waals surface area contributed by atoms with Crippen molar-refractivity contribution >= 4 is 31.3 Å². The fraction of sp³-hybridized carbons (Fsp3) is 0.636. The highest BCUT2D eigenvalue weighted by Gasteiger charge is 2.46. The van der Waals surface area contributed by atoms with E-state index in [1.807, 2.05) is 9.97 Å². The molecule has 2 aromatic rings. The minimum absolute atomic E-state index is 0.737. The number of phosphoric ester groups is 2. The lowest BCUT2D eigenvalue weighted by atomic mass is 9.96. The lowest BCUT2D eigenvalue weighted by molar-refractivity contribution is -0.103. The Hall–Kier alpha value is -2.28. The number of hydrogen-bond donors (Lipinski definition) is 10. The molecule has 0 spiro atoms. The SMILES string of the molecule is COC(COP(=O)(O)OP(=O)(O)OP(=O)(O)OP(=O)(O)OCC(C)C(O)C(O)C(C)n1ccc(=O)[nH]c1=O)C(O)C(O)C(C)n1ccc(=O)[nH]c1=O. The number of methoxy groups -OCH3 is 1. The molecule has 2 heterocycles. The summed E-state index contributed by atoms with van der Waals surface area (Å²) < 4.78 is 76.0. The van der Waals surface area contributed by atoms with E-state index in [2.05, 4.69) is 22.0 Å². The highest BCUT2D eigenvalue weighted by atomic mass is 31.3. The second kappa shape index (κ2) is 18.4. The number of nitrogens with one attached hydrogen (secondary N) is 2. The monoisotopic (exact) mass is 834 g/mol. The zero-order valence-electron chi connectivity index (χ0n) is 27.3. The molecule has 12 atom stereocenters. The Balaban J connectivity index is 1.98. The molecule has 26 nitrogen and oxygen atoms in total. The van der Waals surface area contributed by atoms with Crippen molar-refractivity contribution in [1.82, 2.24) is 19.1 Å². The molecule has 298 valence electrons. The molecule has 0 bridgehead atoms. The molecule has 30 heteroatoms. The molecule has 0 aromatic carbocycles. The van der Waals surface area contributed by atoms with Crippen LogP contribution in [0.1, 0.15) is 32.9 Å². The number of nitrogens with zero attached hydrogens (tertiary/aromatic N) is 2. The van der Waals surface area contributed by atoms with Gasteiger partial charge in [-0.3, -0.25) is 37.7 Å². The maximum absolute atomic E-state index is 12.3.